The van der Waals surface area contributed by atoms with Gasteiger partial charge in [0.25, 0.3) is 5.91 Å². The van der Waals surface area contributed by atoms with Gasteiger partial charge in [0.15, 0.2) is 5.13 Å². The third-order valence-corrected chi connectivity index (χ3v) is 5.32. The van der Waals surface area contributed by atoms with E-state index in [-0.39, 0.29) is 5.91 Å². The zero-order valence-electron chi connectivity index (χ0n) is 16.0. The van der Waals surface area contributed by atoms with Gasteiger partial charge in [-0.2, -0.15) is 5.10 Å². The molecule has 0 fully saturated rings. The highest BCUT2D eigenvalue weighted by Crippen LogP contribution is 2.31. The Morgan fingerprint density at radius 2 is 2.00 bits per heavy atom. The van der Waals surface area contributed by atoms with E-state index in [1.165, 1.54) is 0 Å². The Labute approximate surface area is 158 Å². The number of carbonyl (C=O) groups excluding carboxylic acids is 1. The third kappa shape index (κ3) is 3.64. The molecule has 0 saturated heterocycles. The summed E-state index contributed by atoms with van der Waals surface area (Å²) in [6, 6.07) is 7.99. The molecule has 0 bridgehead atoms. The van der Waals surface area contributed by atoms with E-state index < -0.39 is 0 Å². The number of hydrogen-bond donors (Lipinski definition) is 0. The van der Waals surface area contributed by atoms with Crippen LogP contribution in [0.3, 0.4) is 0 Å². The zero-order chi connectivity index (χ0) is 18.8. The molecule has 3 rings (SSSR count). The lowest BCUT2D eigenvalue weighted by atomic mass is 10.2. The summed E-state index contributed by atoms with van der Waals surface area (Å²) in [7, 11) is 4.01. The standard InChI is InChI=1S/C19H25N5OS/c1-6-24-15(12-14(3)21-24)18(25)23(11-10-22(4)5)19-20-17-13(2)8-7-9-16(17)26-19/h7-9,12H,6,10-11H2,1-5H3. The largest absolute Gasteiger partial charge is 0.308 e. The van der Waals surface area contributed by atoms with Gasteiger partial charge in [-0.1, -0.05) is 23.5 Å². The van der Waals surface area contributed by atoms with Crippen molar-refractivity contribution in [3.05, 3.63) is 41.2 Å². The average molecular weight is 372 g/mol. The maximum absolute atomic E-state index is 13.3. The van der Waals surface area contributed by atoms with Crippen LogP contribution in [-0.4, -0.2) is 52.8 Å². The summed E-state index contributed by atoms with van der Waals surface area (Å²) in [4.78, 5) is 22.0. The van der Waals surface area contributed by atoms with Crippen LogP contribution in [0.5, 0.6) is 0 Å². The number of para-hydroxylation sites is 1. The molecule has 0 atom stereocenters. The molecule has 3 aromatic rings. The fraction of sp³-hybridized carbons (Fsp3) is 0.421. The van der Waals surface area contributed by atoms with Gasteiger partial charge in [0.05, 0.1) is 15.9 Å². The number of aryl methyl sites for hydroxylation is 3. The smallest absolute Gasteiger partial charge is 0.278 e. The first-order chi connectivity index (χ1) is 12.4. The van der Waals surface area contributed by atoms with Crippen LogP contribution in [-0.2, 0) is 6.54 Å². The highest BCUT2D eigenvalue weighted by molar-refractivity contribution is 7.22. The van der Waals surface area contributed by atoms with Crippen molar-refractivity contribution in [2.24, 2.45) is 0 Å². The second-order valence-electron chi connectivity index (χ2n) is 6.66. The number of carbonyl (C=O) groups is 1. The molecule has 26 heavy (non-hydrogen) atoms. The molecule has 0 N–H and O–H groups in total. The molecule has 0 spiro atoms. The van der Waals surface area contributed by atoms with E-state index in [4.69, 9.17) is 4.98 Å². The molecule has 2 heterocycles. The second-order valence-corrected chi connectivity index (χ2v) is 7.67. The van der Waals surface area contributed by atoms with Gasteiger partial charge in [-0.25, -0.2) is 4.98 Å². The van der Waals surface area contributed by atoms with Crippen molar-refractivity contribution in [2.45, 2.75) is 27.3 Å². The van der Waals surface area contributed by atoms with E-state index in [0.717, 1.165) is 33.2 Å². The number of thiazole rings is 1. The van der Waals surface area contributed by atoms with Gasteiger partial charge in [-0.3, -0.25) is 14.4 Å². The number of benzene rings is 1. The van der Waals surface area contributed by atoms with Gasteiger partial charge in [0.2, 0.25) is 0 Å². The Morgan fingerprint density at radius 3 is 2.65 bits per heavy atom. The summed E-state index contributed by atoms with van der Waals surface area (Å²) < 4.78 is 2.86. The molecule has 0 unspecified atom stereocenters. The van der Waals surface area contributed by atoms with Crippen LogP contribution in [0.25, 0.3) is 10.2 Å². The fourth-order valence-corrected chi connectivity index (χ4v) is 3.94. The van der Waals surface area contributed by atoms with Crippen molar-refractivity contribution < 1.29 is 4.79 Å². The predicted octanol–water partition coefficient (Wildman–Crippen LogP) is 3.34. The van der Waals surface area contributed by atoms with E-state index in [1.54, 1.807) is 20.9 Å². The third-order valence-electron chi connectivity index (χ3n) is 4.28. The molecule has 0 aliphatic carbocycles. The monoisotopic (exact) mass is 371 g/mol. The van der Waals surface area contributed by atoms with Gasteiger partial charge >= 0.3 is 0 Å². The quantitative estimate of drug-likeness (QED) is 0.667. The molecule has 6 nitrogen and oxygen atoms in total. The van der Waals surface area contributed by atoms with E-state index >= 15 is 0 Å². The van der Waals surface area contributed by atoms with E-state index in [9.17, 15) is 4.79 Å². The Balaban J connectivity index is 2.03. The number of likely N-dealkylation sites (N-methyl/N-ethyl adjacent to an activating group) is 1. The molecule has 2 aromatic heterocycles. The number of nitrogens with zero attached hydrogens (tertiary/aromatic N) is 5. The SMILES string of the molecule is CCn1nc(C)cc1C(=O)N(CCN(C)C)c1nc2c(C)cccc2s1. The van der Waals surface area contributed by atoms with Crippen molar-refractivity contribution in [3.8, 4) is 0 Å². The Bertz CT molecular complexity index is 927. The Morgan fingerprint density at radius 1 is 1.23 bits per heavy atom. The van der Waals surface area contributed by atoms with Gasteiger partial charge in [-0.15, -0.1) is 0 Å². The maximum atomic E-state index is 13.3. The lowest BCUT2D eigenvalue weighted by Crippen LogP contribution is -2.37. The fourth-order valence-electron chi connectivity index (χ4n) is 2.87. The normalized spacial score (nSPS) is 11.5. The molecular formula is C19H25N5OS. The number of rotatable bonds is 6. The van der Waals surface area contributed by atoms with Crippen molar-refractivity contribution in [2.75, 3.05) is 32.1 Å². The van der Waals surface area contributed by atoms with Crippen molar-refractivity contribution in [1.29, 1.82) is 0 Å². The lowest BCUT2D eigenvalue weighted by molar-refractivity contribution is 0.0975. The van der Waals surface area contributed by atoms with Gasteiger partial charge < -0.3 is 4.90 Å². The number of fused-ring (bicyclic) bond motifs is 1. The second kappa shape index (κ2) is 7.55. The summed E-state index contributed by atoms with van der Waals surface area (Å²) in [5, 5.41) is 5.16. The zero-order valence-corrected chi connectivity index (χ0v) is 16.8. The van der Waals surface area contributed by atoms with Crippen molar-refractivity contribution in [1.82, 2.24) is 19.7 Å². The minimum absolute atomic E-state index is 0.0500. The summed E-state index contributed by atoms with van der Waals surface area (Å²) in [5.41, 5.74) is 3.55. The topological polar surface area (TPSA) is 54.3 Å². The van der Waals surface area contributed by atoms with Crippen LogP contribution in [0, 0.1) is 13.8 Å². The maximum Gasteiger partial charge on any atom is 0.278 e. The van der Waals surface area contributed by atoms with Crippen LogP contribution in [0.4, 0.5) is 5.13 Å². The summed E-state index contributed by atoms with van der Waals surface area (Å²) in [6.45, 7) is 7.96. The first kappa shape index (κ1) is 18.5. The molecule has 0 aliphatic heterocycles. The summed E-state index contributed by atoms with van der Waals surface area (Å²) in [6.07, 6.45) is 0. The molecule has 0 radical (unpaired) electrons. The lowest BCUT2D eigenvalue weighted by Gasteiger charge is -2.22. The number of anilines is 1. The highest BCUT2D eigenvalue weighted by Gasteiger charge is 2.24. The van der Waals surface area contributed by atoms with Crippen LogP contribution in [0.2, 0.25) is 0 Å². The molecule has 138 valence electrons. The Kier molecular flexibility index (Phi) is 5.38. The number of aromatic nitrogens is 3. The first-order valence-electron chi connectivity index (χ1n) is 8.78. The molecule has 1 aromatic carbocycles. The molecule has 0 aliphatic rings. The van der Waals surface area contributed by atoms with Gasteiger partial charge in [0.1, 0.15) is 5.69 Å². The molecule has 0 saturated carbocycles. The average Bonchev–Trinajstić information content (AvgIpc) is 3.18. The summed E-state index contributed by atoms with van der Waals surface area (Å²) >= 11 is 1.56. The predicted molar refractivity (Wildman–Crippen MR) is 107 cm³/mol. The Hall–Kier alpha value is -2.25. The minimum atomic E-state index is -0.0500. The van der Waals surface area contributed by atoms with E-state index in [2.05, 4.69) is 16.1 Å². The highest BCUT2D eigenvalue weighted by atomic mass is 32.1. The first-order valence-corrected chi connectivity index (χ1v) is 9.59. The molecular weight excluding hydrogens is 346 g/mol. The molecule has 7 heteroatoms. The van der Waals surface area contributed by atoms with Crippen molar-refractivity contribution in [3.63, 3.8) is 0 Å². The summed E-state index contributed by atoms with van der Waals surface area (Å²) in [5.74, 6) is -0.0500. The van der Waals surface area contributed by atoms with E-state index in [0.29, 0.717) is 18.8 Å². The van der Waals surface area contributed by atoms with Gasteiger partial charge in [-0.05, 0) is 52.6 Å². The van der Waals surface area contributed by atoms with Crippen molar-refractivity contribution >= 4 is 32.6 Å². The van der Waals surface area contributed by atoms with Crippen LogP contribution < -0.4 is 4.90 Å². The molecule has 1 amide bonds. The van der Waals surface area contributed by atoms with Crippen LogP contribution in [0.1, 0.15) is 28.7 Å². The van der Waals surface area contributed by atoms with Gasteiger partial charge in [0, 0.05) is 19.6 Å². The number of hydrogen-bond acceptors (Lipinski definition) is 5. The van der Waals surface area contributed by atoms with E-state index in [1.807, 2.05) is 53.1 Å². The van der Waals surface area contributed by atoms with Crippen LogP contribution >= 0.6 is 11.3 Å². The minimum Gasteiger partial charge on any atom is -0.308 e. The number of amides is 1. The van der Waals surface area contributed by atoms with Crippen LogP contribution in [0.15, 0.2) is 24.3 Å².